The highest BCUT2D eigenvalue weighted by Gasteiger charge is 2.24. The number of piperidine rings is 1. The molecule has 148 valence electrons. The van der Waals surface area contributed by atoms with E-state index < -0.39 is 0 Å². The normalized spacial score (nSPS) is 18.6. The van der Waals surface area contributed by atoms with Crippen LogP contribution < -0.4 is 10.2 Å². The summed E-state index contributed by atoms with van der Waals surface area (Å²) in [6.45, 7) is 3.95. The molecule has 0 atom stereocenters. The lowest BCUT2D eigenvalue weighted by molar-refractivity contribution is -0.135. The number of nitrogens with one attached hydrogen (secondary N) is 1. The molecule has 1 heterocycles. The van der Waals surface area contributed by atoms with Crippen LogP contribution >= 0.6 is 0 Å². The van der Waals surface area contributed by atoms with Crippen molar-refractivity contribution in [3.05, 3.63) is 24.3 Å². The van der Waals surface area contributed by atoms with Crippen LogP contribution in [0.4, 0.5) is 11.4 Å². The molecule has 1 aromatic carbocycles. The van der Waals surface area contributed by atoms with Crippen LogP contribution in [0.2, 0.25) is 0 Å². The lowest BCUT2D eigenvalue weighted by atomic mass is 10.1. The van der Waals surface area contributed by atoms with Gasteiger partial charge in [0, 0.05) is 37.4 Å². The Morgan fingerprint density at radius 3 is 2.15 bits per heavy atom. The van der Waals surface area contributed by atoms with Crippen molar-refractivity contribution in [3.8, 4) is 0 Å². The quantitative estimate of drug-likeness (QED) is 0.790. The molecule has 0 radical (unpaired) electrons. The first-order valence-electron chi connectivity index (χ1n) is 10.6. The van der Waals surface area contributed by atoms with Gasteiger partial charge < -0.3 is 15.1 Å². The van der Waals surface area contributed by atoms with Crippen LogP contribution in [0.1, 0.15) is 64.7 Å². The largest absolute Gasteiger partial charge is 0.372 e. The number of hydrogen-bond donors (Lipinski definition) is 1. The third-order valence-corrected chi connectivity index (χ3v) is 5.86. The van der Waals surface area contributed by atoms with Gasteiger partial charge in [0.05, 0.1) is 0 Å². The van der Waals surface area contributed by atoms with Gasteiger partial charge in [0.25, 0.3) is 0 Å². The van der Waals surface area contributed by atoms with Crippen molar-refractivity contribution in [2.24, 2.45) is 0 Å². The van der Waals surface area contributed by atoms with Crippen molar-refractivity contribution in [1.29, 1.82) is 0 Å². The van der Waals surface area contributed by atoms with Gasteiger partial charge >= 0.3 is 0 Å². The Hall–Kier alpha value is -2.04. The number of amides is 2. The van der Waals surface area contributed by atoms with Gasteiger partial charge in [0.15, 0.2) is 0 Å². The fourth-order valence-electron chi connectivity index (χ4n) is 4.33. The zero-order valence-corrected chi connectivity index (χ0v) is 16.6. The molecule has 0 bridgehead atoms. The molecule has 27 heavy (non-hydrogen) atoms. The molecule has 2 fully saturated rings. The van der Waals surface area contributed by atoms with Crippen LogP contribution in [-0.4, -0.2) is 42.4 Å². The number of nitrogens with zero attached hydrogens (tertiary/aromatic N) is 2. The van der Waals surface area contributed by atoms with Crippen molar-refractivity contribution >= 4 is 23.2 Å². The highest BCUT2D eigenvalue weighted by Crippen LogP contribution is 2.23. The van der Waals surface area contributed by atoms with Crippen molar-refractivity contribution in [2.75, 3.05) is 29.9 Å². The van der Waals surface area contributed by atoms with E-state index in [2.05, 4.69) is 22.3 Å². The molecule has 1 N–H and O–H groups in total. The SMILES string of the molecule is CC(=O)N(CC(=O)Nc1ccc(N2CCCCC2)cc1)C1CCCCCC1. The van der Waals surface area contributed by atoms with Gasteiger partial charge in [-0.15, -0.1) is 0 Å². The Labute approximate surface area is 163 Å². The summed E-state index contributed by atoms with van der Waals surface area (Å²) in [7, 11) is 0. The van der Waals surface area contributed by atoms with Gasteiger partial charge in [-0.25, -0.2) is 0 Å². The molecule has 1 saturated carbocycles. The molecule has 3 rings (SSSR count). The summed E-state index contributed by atoms with van der Waals surface area (Å²) in [5.74, 6) is -0.113. The first-order chi connectivity index (χ1) is 13.1. The number of carbonyl (C=O) groups is 2. The molecule has 0 spiro atoms. The predicted molar refractivity (Wildman–Crippen MR) is 110 cm³/mol. The van der Waals surface area contributed by atoms with Gasteiger partial charge in [-0.3, -0.25) is 9.59 Å². The van der Waals surface area contributed by atoms with E-state index in [-0.39, 0.29) is 24.4 Å². The first-order valence-corrected chi connectivity index (χ1v) is 10.6. The van der Waals surface area contributed by atoms with Crippen LogP contribution in [0, 0.1) is 0 Å². The second-order valence-electron chi connectivity index (χ2n) is 7.94. The van der Waals surface area contributed by atoms with Crippen LogP contribution in [0.25, 0.3) is 0 Å². The summed E-state index contributed by atoms with van der Waals surface area (Å²) in [5, 5.41) is 2.96. The highest BCUT2D eigenvalue weighted by atomic mass is 16.2. The fraction of sp³-hybridized carbons (Fsp3) is 0.636. The van der Waals surface area contributed by atoms with E-state index in [1.54, 1.807) is 11.8 Å². The van der Waals surface area contributed by atoms with Crippen molar-refractivity contribution in [3.63, 3.8) is 0 Å². The van der Waals surface area contributed by atoms with Crippen LogP contribution in [-0.2, 0) is 9.59 Å². The molecular formula is C22H33N3O2. The summed E-state index contributed by atoms with van der Waals surface area (Å²) >= 11 is 0. The second kappa shape index (κ2) is 9.77. The summed E-state index contributed by atoms with van der Waals surface area (Å²) in [6.07, 6.45) is 10.6. The van der Waals surface area contributed by atoms with Gasteiger partial charge in [0.2, 0.25) is 11.8 Å². The summed E-state index contributed by atoms with van der Waals surface area (Å²) in [5.41, 5.74) is 2.02. The lowest BCUT2D eigenvalue weighted by Gasteiger charge is -2.30. The number of rotatable bonds is 5. The number of anilines is 2. The first kappa shape index (κ1) is 19.7. The van der Waals surface area contributed by atoms with Crippen LogP contribution in [0.5, 0.6) is 0 Å². The monoisotopic (exact) mass is 371 g/mol. The summed E-state index contributed by atoms with van der Waals surface area (Å²) < 4.78 is 0. The van der Waals surface area contributed by atoms with Gasteiger partial charge in [-0.2, -0.15) is 0 Å². The van der Waals surface area contributed by atoms with E-state index in [0.717, 1.165) is 44.5 Å². The average molecular weight is 372 g/mol. The Kier molecular flexibility index (Phi) is 7.13. The van der Waals surface area contributed by atoms with Crippen molar-refractivity contribution < 1.29 is 9.59 Å². The van der Waals surface area contributed by atoms with Crippen LogP contribution in [0.3, 0.4) is 0 Å². The van der Waals surface area contributed by atoms with Crippen molar-refractivity contribution in [1.82, 2.24) is 4.90 Å². The maximum absolute atomic E-state index is 12.5. The molecule has 0 aromatic heterocycles. The lowest BCUT2D eigenvalue weighted by Crippen LogP contribution is -2.43. The Morgan fingerprint density at radius 1 is 0.963 bits per heavy atom. The zero-order valence-electron chi connectivity index (χ0n) is 16.6. The van der Waals surface area contributed by atoms with Crippen molar-refractivity contribution in [2.45, 2.75) is 70.8 Å². The van der Waals surface area contributed by atoms with E-state index in [1.165, 1.54) is 37.8 Å². The highest BCUT2D eigenvalue weighted by molar-refractivity contribution is 5.94. The Morgan fingerprint density at radius 2 is 1.56 bits per heavy atom. The van der Waals surface area contributed by atoms with Gasteiger partial charge in [0.1, 0.15) is 6.54 Å². The number of benzene rings is 1. The molecule has 1 aliphatic heterocycles. The maximum atomic E-state index is 12.5. The predicted octanol–water partition coefficient (Wildman–Crippen LogP) is 4.19. The molecule has 1 aliphatic carbocycles. The molecule has 2 amide bonds. The van der Waals surface area contributed by atoms with Crippen LogP contribution in [0.15, 0.2) is 24.3 Å². The van der Waals surface area contributed by atoms with E-state index >= 15 is 0 Å². The molecule has 2 aliphatic rings. The number of carbonyl (C=O) groups excluding carboxylic acids is 2. The molecule has 0 unspecified atom stereocenters. The molecular weight excluding hydrogens is 338 g/mol. The fourth-order valence-corrected chi connectivity index (χ4v) is 4.33. The minimum Gasteiger partial charge on any atom is -0.372 e. The summed E-state index contributed by atoms with van der Waals surface area (Å²) in [4.78, 5) is 28.8. The minimum absolute atomic E-state index is 0.00232. The molecule has 5 heteroatoms. The standard InChI is InChI=1S/C22H33N3O2/c1-18(26)25(21-9-5-2-3-6-10-21)17-22(27)23-19-11-13-20(14-12-19)24-15-7-4-8-16-24/h11-14,21H,2-10,15-17H2,1H3,(H,23,27). The topological polar surface area (TPSA) is 52.7 Å². The second-order valence-corrected chi connectivity index (χ2v) is 7.94. The third-order valence-electron chi connectivity index (χ3n) is 5.86. The molecule has 1 saturated heterocycles. The maximum Gasteiger partial charge on any atom is 0.244 e. The number of hydrogen-bond acceptors (Lipinski definition) is 3. The smallest absolute Gasteiger partial charge is 0.244 e. The van der Waals surface area contributed by atoms with E-state index in [1.807, 2.05) is 12.1 Å². The zero-order chi connectivity index (χ0) is 19.1. The average Bonchev–Trinajstić information content (AvgIpc) is 2.96. The van der Waals surface area contributed by atoms with Gasteiger partial charge in [-0.05, 0) is 56.4 Å². The Bertz CT molecular complexity index is 615. The molecule has 1 aromatic rings. The Balaban J connectivity index is 1.55. The van der Waals surface area contributed by atoms with E-state index in [0.29, 0.717) is 0 Å². The summed E-state index contributed by atoms with van der Waals surface area (Å²) in [6, 6.07) is 8.29. The third kappa shape index (κ3) is 5.72. The van der Waals surface area contributed by atoms with Gasteiger partial charge in [-0.1, -0.05) is 25.7 Å². The van der Waals surface area contributed by atoms with E-state index in [4.69, 9.17) is 0 Å². The molecule has 5 nitrogen and oxygen atoms in total. The van der Waals surface area contributed by atoms with E-state index in [9.17, 15) is 9.59 Å². The minimum atomic E-state index is -0.111.